The van der Waals surface area contributed by atoms with Crippen LogP contribution in [0.3, 0.4) is 0 Å². The van der Waals surface area contributed by atoms with Crippen molar-refractivity contribution in [2.24, 2.45) is 0 Å². The summed E-state index contributed by atoms with van der Waals surface area (Å²) in [6.45, 7) is 0. The molecule has 0 bridgehead atoms. The molecule has 0 nitrogen and oxygen atoms in total. The maximum atomic E-state index is 2.38. The lowest BCUT2D eigenvalue weighted by Crippen LogP contribution is -1.92. The first kappa shape index (κ1) is 20.7. The van der Waals surface area contributed by atoms with Gasteiger partial charge in [0.05, 0.1) is 0 Å². The van der Waals surface area contributed by atoms with Crippen molar-refractivity contribution in [1.82, 2.24) is 0 Å². The van der Waals surface area contributed by atoms with Gasteiger partial charge in [-0.25, -0.2) is 0 Å². The quantitative estimate of drug-likeness (QED) is 0.232. The molecule has 0 aliphatic carbocycles. The molecule has 36 heavy (non-hydrogen) atoms. The number of hydrogen-bond acceptors (Lipinski definition) is 0. The van der Waals surface area contributed by atoms with E-state index in [0.717, 1.165) is 0 Å². The van der Waals surface area contributed by atoms with Gasteiger partial charge in [0.25, 0.3) is 0 Å². The van der Waals surface area contributed by atoms with E-state index in [-0.39, 0.29) is 0 Å². The Bertz CT molecular complexity index is 1860. The lowest BCUT2D eigenvalue weighted by atomic mass is 9.84. The number of rotatable bonds is 3. The van der Waals surface area contributed by atoms with Crippen molar-refractivity contribution in [3.63, 3.8) is 0 Å². The van der Waals surface area contributed by atoms with Crippen molar-refractivity contribution in [3.8, 4) is 33.4 Å². The maximum Gasteiger partial charge on any atom is -0.00201 e. The molecule has 7 aromatic rings. The summed E-state index contributed by atoms with van der Waals surface area (Å²) in [6.07, 6.45) is 0. The van der Waals surface area contributed by atoms with Gasteiger partial charge in [0.15, 0.2) is 0 Å². The average Bonchev–Trinajstić information content (AvgIpc) is 2.96. The van der Waals surface area contributed by atoms with Crippen LogP contribution in [0.5, 0.6) is 0 Å². The Labute approximate surface area is 211 Å². The van der Waals surface area contributed by atoms with Gasteiger partial charge in [-0.1, -0.05) is 140 Å². The van der Waals surface area contributed by atoms with E-state index in [1.807, 2.05) is 0 Å². The molecule has 0 heteroatoms. The lowest BCUT2D eigenvalue weighted by molar-refractivity contribution is 1.63. The van der Waals surface area contributed by atoms with Crippen LogP contribution in [0.4, 0.5) is 0 Å². The van der Waals surface area contributed by atoms with Crippen molar-refractivity contribution in [3.05, 3.63) is 146 Å². The molecule has 0 heterocycles. The minimum atomic E-state index is 1.23. The molecule has 7 rings (SSSR count). The molecule has 0 spiro atoms. The molecular weight excluding hydrogens is 432 g/mol. The van der Waals surface area contributed by atoms with Crippen molar-refractivity contribution < 1.29 is 0 Å². The van der Waals surface area contributed by atoms with E-state index in [0.29, 0.717) is 0 Å². The highest BCUT2D eigenvalue weighted by Gasteiger charge is 2.18. The fourth-order valence-corrected chi connectivity index (χ4v) is 5.64. The average molecular weight is 457 g/mol. The lowest BCUT2D eigenvalue weighted by Gasteiger charge is -2.19. The number of fused-ring (bicyclic) bond motifs is 3. The number of hydrogen-bond donors (Lipinski definition) is 0. The minimum Gasteiger partial charge on any atom is -0.0622 e. The van der Waals surface area contributed by atoms with Gasteiger partial charge in [0, 0.05) is 0 Å². The summed E-state index contributed by atoms with van der Waals surface area (Å²) in [5, 5.41) is 7.68. The fourth-order valence-electron chi connectivity index (χ4n) is 5.64. The van der Waals surface area contributed by atoms with Gasteiger partial charge < -0.3 is 0 Å². The number of benzene rings is 7. The largest absolute Gasteiger partial charge is 0.0622 e. The molecule has 0 amide bonds. The van der Waals surface area contributed by atoms with E-state index in [4.69, 9.17) is 0 Å². The van der Waals surface area contributed by atoms with Crippen molar-refractivity contribution >= 4 is 32.3 Å². The molecule has 7 aromatic carbocycles. The summed E-state index contributed by atoms with van der Waals surface area (Å²) in [4.78, 5) is 0. The van der Waals surface area contributed by atoms with Gasteiger partial charge in [-0.2, -0.15) is 0 Å². The van der Waals surface area contributed by atoms with Gasteiger partial charge in [0.2, 0.25) is 0 Å². The summed E-state index contributed by atoms with van der Waals surface area (Å²) in [5.74, 6) is 0. The summed E-state index contributed by atoms with van der Waals surface area (Å²) < 4.78 is 0. The third-order valence-corrected chi connectivity index (χ3v) is 7.25. The molecule has 0 saturated carbocycles. The zero-order chi connectivity index (χ0) is 23.9. The normalized spacial score (nSPS) is 11.3. The highest BCUT2D eigenvalue weighted by atomic mass is 14.2. The maximum absolute atomic E-state index is 2.38. The Hall–Kier alpha value is -4.68. The third kappa shape index (κ3) is 3.31. The second kappa shape index (κ2) is 8.52. The highest BCUT2D eigenvalue weighted by molar-refractivity contribution is 6.24. The zero-order valence-electron chi connectivity index (χ0n) is 19.9. The molecule has 0 radical (unpaired) electrons. The molecule has 0 fully saturated rings. The molecular formula is C36H24. The van der Waals surface area contributed by atoms with Crippen LogP contribution in [0.2, 0.25) is 0 Å². The summed E-state index contributed by atoms with van der Waals surface area (Å²) >= 11 is 0. The van der Waals surface area contributed by atoms with Crippen LogP contribution in [0.1, 0.15) is 0 Å². The second-order valence-electron chi connectivity index (χ2n) is 9.31. The minimum absolute atomic E-state index is 1.23. The monoisotopic (exact) mass is 456 g/mol. The Morgan fingerprint density at radius 3 is 1.58 bits per heavy atom. The van der Waals surface area contributed by atoms with Crippen molar-refractivity contribution in [1.29, 1.82) is 0 Å². The Kier molecular flexibility index (Phi) is 4.89. The summed E-state index contributed by atoms with van der Waals surface area (Å²) in [5.41, 5.74) is 7.59. The first-order valence-corrected chi connectivity index (χ1v) is 12.5. The van der Waals surface area contributed by atoms with Crippen LogP contribution in [0.15, 0.2) is 146 Å². The Morgan fingerprint density at radius 2 is 0.833 bits per heavy atom. The van der Waals surface area contributed by atoms with E-state index in [1.54, 1.807) is 0 Å². The van der Waals surface area contributed by atoms with Crippen LogP contribution < -0.4 is 0 Å². The molecule has 0 N–H and O–H groups in total. The van der Waals surface area contributed by atoms with Gasteiger partial charge in [0.1, 0.15) is 0 Å². The van der Waals surface area contributed by atoms with Crippen molar-refractivity contribution in [2.75, 3.05) is 0 Å². The molecule has 0 aliphatic heterocycles. The van der Waals surface area contributed by atoms with Gasteiger partial charge in [-0.3, -0.25) is 0 Å². The van der Waals surface area contributed by atoms with E-state index >= 15 is 0 Å². The molecule has 0 atom stereocenters. The second-order valence-corrected chi connectivity index (χ2v) is 9.31. The smallest absolute Gasteiger partial charge is 0.00201 e. The highest BCUT2D eigenvalue weighted by Crippen LogP contribution is 2.46. The topological polar surface area (TPSA) is 0 Å². The zero-order valence-corrected chi connectivity index (χ0v) is 19.9. The van der Waals surface area contributed by atoms with E-state index in [9.17, 15) is 0 Å². The SMILES string of the molecule is c1ccc(-c2ccc3c(-c4cccc5ccccc45)c4ccccc4c(-c4ccccc4)c3c2)cc1. The van der Waals surface area contributed by atoms with Crippen LogP contribution >= 0.6 is 0 Å². The van der Waals surface area contributed by atoms with Gasteiger partial charge in [-0.15, -0.1) is 0 Å². The first-order valence-electron chi connectivity index (χ1n) is 12.5. The fraction of sp³-hybridized carbons (Fsp3) is 0. The van der Waals surface area contributed by atoms with E-state index in [2.05, 4.69) is 146 Å². The van der Waals surface area contributed by atoms with Crippen LogP contribution in [-0.2, 0) is 0 Å². The predicted molar refractivity (Wildman–Crippen MR) is 155 cm³/mol. The molecule has 0 aliphatic rings. The standard InChI is InChI=1S/C36H24/c1-3-12-25(13-4-1)28-22-23-33-34(24-28)35(27-15-5-2-6-16-27)31-19-9-10-20-32(31)36(33)30-21-11-17-26-14-7-8-18-29(26)30/h1-24H. The Morgan fingerprint density at radius 1 is 0.278 bits per heavy atom. The van der Waals surface area contributed by atoms with E-state index in [1.165, 1.54) is 65.7 Å². The molecule has 0 unspecified atom stereocenters. The third-order valence-electron chi connectivity index (χ3n) is 7.25. The Balaban J connectivity index is 1.68. The van der Waals surface area contributed by atoms with Gasteiger partial charge in [-0.05, 0) is 71.8 Å². The summed E-state index contributed by atoms with van der Waals surface area (Å²) in [7, 11) is 0. The van der Waals surface area contributed by atoms with Gasteiger partial charge >= 0.3 is 0 Å². The molecule has 168 valence electrons. The molecule has 0 aromatic heterocycles. The summed E-state index contributed by atoms with van der Waals surface area (Å²) in [6, 6.07) is 52.7. The molecule has 0 saturated heterocycles. The van der Waals surface area contributed by atoms with Crippen molar-refractivity contribution in [2.45, 2.75) is 0 Å². The van der Waals surface area contributed by atoms with E-state index < -0.39 is 0 Å². The first-order chi connectivity index (χ1) is 17.9. The predicted octanol–water partition coefficient (Wildman–Crippen LogP) is 10.1. The van der Waals surface area contributed by atoms with Crippen LogP contribution in [-0.4, -0.2) is 0 Å². The van der Waals surface area contributed by atoms with Crippen LogP contribution in [0.25, 0.3) is 65.7 Å². The van der Waals surface area contributed by atoms with Crippen LogP contribution in [0, 0.1) is 0 Å².